The summed E-state index contributed by atoms with van der Waals surface area (Å²) >= 11 is 0. The average Bonchev–Trinajstić information content (AvgIpc) is 2.48. The summed E-state index contributed by atoms with van der Waals surface area (Å²) in [6.07, 6.45) is 1.50. The van der Waals surface area contributed by atoms with E-state index in [0.29, 0.717) is 10.5 Å². The highest BCUT2D eigenvalue weighted by molar-refractivity contribution is 8.03. The van der Waals surface area contributed by atoms with E-state index in [2.05, 4.69) is 0 Å². The van der Waals surface area contributed by atoms with E-state index >= 15 is 0 Å². The maximum absolute atomic E-state index is 12.7. The summed E-state index contributed by atoms with van der Waals surface area (Å²) in [5.74, 6) is -0.323. The predicted octanol–water partition coefficient (Wildman–Crippen LogP) is 2.97. The molecule has 0 aliphatic heterocycles. The first-order valence-electron chi connectivity index (χ1n) is 6.20. The zero-order valence-electron chi connectivity index (χ0n) is 11.4. The first-order chi connectivity index (χ1) is 9.90. The molecule has 2 rings (SSSR count). The smallest absolute Gasteiger partial charge is 0.269 e. The van der Waals surface area contributed by atoms with Crippen LogP contribution in [-0.2, 0) is 14.1 Å². The molecule has 0 saturated heterocycles. The van der Waals surface area contributed by atoms with Gasteiger partial charge in [-0.25, -0.2) is 0 Å². The lowest BCUT2D eigenvalue weighted by atomic mass is 10.2. The lowest BCUT2D eigenvalue weighted by molar-refractivity contribution is -0.384. The van der Waals surface area contributed by atoms with Gasteiger partial charge in [-0.2, -0.15) is 0 Å². The highest BCUT2D eigenvalue weighted by Crippen LogP contribution is 2.21. The molecule has 0 aromatic heterocycles. The minimum Gasteiger partial charge on any atom is -0.289 e. The van der Waals surface area contributed by atoms with E-state index < -0.39 is 14.9 Å². The molecule has 2 aromatic rings. The Morgan fingerprint density at radius 1 is 1.10 bits per heavy atom. The van der Waals surface area contributed by atoms with Gasteiger partial charge in [0.05, 0.1) is 4.92 Å². The Morgan fingerprint density at radius 2 is 1.67 bits per heavy atom. The van der Waals surface area contributed by atoms with E-state index in [1.807, 2.05) is 0 Å². The van der Waals surface area contributed by atoms with Crippen LogP contribution in [0.2, 0.25) is 0 Å². The van der Waals surface area contributed by atoms with Gasteiger partial charge >= 0.3 is 0 Å². The van der Waals surface area contributed by atoms with Gasteiger partial charge in [-0.05, 0) is 12.1 Å². The van der Waals surface area contributed by atoms with Gasteiger partial charge < -0.3 is 0 Å². The van der Waals surface area contributed by atoms with Crippen molar-refractivity contribution in [2.45, 2.75) is 4.90 Å². The normalized spacial score (nSPS) is 13.4. The standard InChI is InChI=1S/C15H14NO4S/c1-21(20,11-15(17)12-5-3-2-4-6-12)14-9-7-13(8-10-14)16(18)19/h2-10H,11H2,1H3/q+1. The zero-order chi connectivity index (χ0) is 15.5. The van der Waals surface area contributed by atoms with Crippen molar-refractivity contribution < 1.29 is 13.9 Å². The first kappa shape index (κ1) is 15.1. The highest BCUT2D eigenvalue weighted by Gasteiger charge is 2.29. The molecule has 0 radical (unpaired) electrons. The van der Waals surface area contributed by atoms with Crippen molar-refractivity contribution in [3.63, 3.8) is 0 Å². The Kier molecular flexibility index (Phi) is 4.28. The topological polar surface area (TPSA) is 77.3 Å². The fourth-order valence-electron chi connectivity index (χ4n) is 1.90. The van der Waals surface area contributed by atoms with Crippen LogP contribution in [0.3, 0.4) is 0 Å². The third-order valence-electron chi connectivity index (χ3n) is 3.05. The van der Waals surface area contributed by atoms with Crippen molar-refractivity contribution in [1.29, 1.82) is 0 Å². The van der Waals surface area contributed by atoms with Gasteiger partial charge in [0.25, 0.3) is 5.69 Å². The van der Waals surface area contributed by atoms with Crippen molar-refractivity contribution in [1.82, 2.24) is 0 Å². The summed E-state index contributed by atoms with van der Waals surface area (Å²) in [6.45, 7) is 0. The molecular formula is C15H14NO4S+. The van der Waals surface area contributed by atoms with Gasteiger partial charge in [-0.15, -0.1) is 0 Å². The largest absolute Gasteiger partial charge is 0.289 e. The quantitative estimate of drug-likeness (QED) is 0.368. The Hall–Kier alpha value is -2.34. The Balaban J connectivity index is 2.20. The van der Waals surface area contributed by atoms with Crippen molar-refractivity contribution in [3.05, 3.63) is 70.3 Å². The molecule has 0 heterocycles. The summed E-state index contributed by atoms with van der Waals surface area (Å²) in [7, 11) is -2.57. The molecule has 0 N–H and O–H groups in total. The van der Waals surface area contributed by atoms with Gasteiger partial charge in [0.1, 0.15) is 16.2 Å². The summed E-state index contributed by atoms with van der Waals surface area (Å²) in [5, 5.41) is 10.6. The van der Waals surface area contributed by atoms with Gasteiger partial charge in [0.15, 0.2) is 10.6 Å². The fraction of sp³-hybridized carbons (Fsp3) is 0.133. The van der Waals surface area contributed by atoms with Crippen LogP contribution in [0.4, 0.5) is 5.69 Å². The van der Waals surface area contributed by atoms with Crippen molar-refractivity contribution in [3.8, 4) is 0 Å². The summed E-state index contributed by atoms with van der Waals surface area (Å²) in [4.78, 5) is 22.7. The van der Waals surface area contributed by atoms with Crippen LogP contribution in [0, 0.1) is 10.1 Å². The number of nitro groups is 1. The van der Waals surface area contributed by atoms with E-state index in [1.54, 1.807) is 30.3 Å². The second-order valence-corrected chi connectivity index (χ2v) is 7.46. The maximum atomic E-state index is 12.7. The molecule has 108 valence electrons. The number of benzene rings is 2. The van der Waals surface area contributed by atoms with Crippen molar-refractivity contribution >= 4 is 21.4 Å². The van der Waals surface area contributed by atoms with Gasteiger partial charge in [0.2, 0.25) is 5.78 Å². The molecule has 0 aliphatic carbocycles. The van der Waals surface area contributed by atoms with Crippen LogP contribution < -0.4 is 0 Å². The third kappa shape index (κ3) is 3.61. The molecule has 0 amide bonds. The molecule has 0 saturated carbocycles. The molecule has 6 heteroatoms. The second-order valence-electron chi connectivity index (χ2n) is 4.69. The second kappa shape index (κ2) is 5.97. The van der Waals surface area contributed by atoms with Gasteiger partial charge in [-0.3, -0.25) is 14.9 Å². The van der Waals surface area contributed by atoms with Crippen LogP contribution in [-0.4, -0.2) is 22.7 Å². The van der Waals surface area contributed by atoms with Crippen LogP contribution >= 0.6 is 0 Å². The number of ketones is 1. The molecular weight excluding hydrogens is 290 g/mol. The van der Waals surface area contributed by atoms with Crippen molar-refractivity contribution in [2.75, 3.05) is 12.0 Å². The number of non-ortho nitro benzene ring substituents is 1. The minimum absolute atomic E-state index is 0.0664. The Morgan fingerprint density at radius 3 is 2.19 bits per heavy atom. The summed E-state index contributed by atoms with van der Waals surface area (Å²) in [6, 6.07) is 14.1. The highest BCUT2D eigenvalue weighted by atomic mass is 32.2. The van der Waals surface area contributed by atoms with Gasteiger partial charge in [0, 0.05) is 17.7 Å². The van der Waals surface area contributed by atoms with Gasteiger partial charge in [-0.1, -0.05) is 34.5 Å². The monoisotopic (exact) mass is 304 g/mol. The Labute approximate surface area is 123 Å². The predicted molar refractivity (Wildman–Crippen MR) is 81.0 cm³/mol. The lowest BCUT2D eigenvalue weighted by Crippen LogP contribution is -2.21. The first-order valence-corrected chi connectivity index (χ1v) is 8.33. The number of carbonyl (C=O) groups is 1. The molecule has 2 aromatic carbocycles. The SMILES string of the molecule is C[S+](=O)(CC(=O)c1ccccc1)c1ccc([N+](=O)[O-])cc1. The van der Waals surface area contributed by atoms with E-state index in [0.717, 1.165) is 0 Å². The maximum Gasteiger partial charge on any atom is 0.269 e. The number of rotatable bonds is 5. The molecule has 0 bridgehead atoms. The molecule has 21 heavy (non-hydrogen) atoms. The van der Waals surface area contributed by atoms with E-state index in [1.165, 1.54) is 30.5 Å². The molecule has 0 fully saturated rings. The number of Topliss-reactive ketones (excluding diaryl/α,β-unsaturated/α-hetero) is 1. The number of hydrogen-bond acceptors (Lipinski definition) is 4. The number of nitro benzene ring substituents is 1. The third-order valence-corrected chi connectivity index (χ3v) is 5.13. The van der Waals surface area contributed by atoms with Crippen LogP contribution in [0.25, 0.3) is 0 Å². The van der Waals surface area contributed by atoms with Crippen LogP contribution in [0.15, 0.2) is 59.5 Å². The molecule has 1 atom stereocenters. The summed E-state index contributed by atoms with van der Waals surface area (Å²) in [5.41, 5.74) is 0.442. The summed E-state index contributed by atoms with van der Waals surface area (Å²) < 4.78 is 12.7. The minimum atomic E-state index is -2.57. The number of hydrogen-bond donors (Lipinski definition) is 0. The van der Waals surface area contributed by atoms with E-state index in [-0.39, 0.29) is 17.2 Å². The fourth-order valence-corrected chi connectivity index (χ4v) is 3.44. The molecule has 0 spiro atoms. The van der Waals surface area contributed by atoms with E-state index in [4.69, 9.17) is 0 Å². The van der Waals surface area contributed by atoms with Crippen molar-refractivity contribution in [2.24, 2.45) is 0 Å². The van der Waals surface area contributed by atoms with Crippen LogP contribution in [0.5, 0.6) is 0 Å². The molecule has 5 nitrogen and oxygen atoms in total. The van der Waals surface area contributed by atoms with E-state index in [9.17, 15) is 19.1 Å². The average molecular weight is 304 g/mol. The zero-order valence-corrected chi connectivity index (χ0v) is 12.2. The van der Waals surface area contributed by atoms with Crippen LogP contribution in [0.1, 0.15) is 10.4 Å². The Bertz CT molecular complexity index is 710. The molecule has 0 aliphatic rings. The molecule has 1 unspecified atom stereocenters. The lowest BCUT2D eigenvalue weighted by Gasteiger charge is -2.06. The number of nitrogens with zero attached hydrogens (tertiary/aromatic N) is 1. The number of carbonyl (C=O) groups excluding carboxylic acids is 1.